The fourth-order valence-electron chi connectivity index (χ4n) is 5.48. The molecule has 3 rings (SSSR count). The highest BCUT2D eigenvalue weighted by Crippen LogP contribution is 2.47. The van der Waals surface area contributed by atoms with Crippen LogP contribution in [0, 0.1) is 5.41 Å². The van der Waals surface area contributed by atoms with Crippen molar-refractivity contribution in [1.29, 1.82) is 0 Å². The average Bonchev–Trinajstić information content (AvgIpc) is 2.85. The molecule has 0 aromatic heterocycles. The van der Waals surface area contributed by atoms with Crippen molar-refractivity contribution in [2.75, 3.05) is 13.2 Å². The lowest BCUT2D eigenvalue weighted by atomic mass is 9.64. The Morgan fingerprint density at radius 1 is 0.667 bits per heavy atom. The van der Waals surface area contributed by atoms with E-state index in [0.717, 1.165) is 70.6 Å². The van der Waals surface area contributed by atoms with Crippen LogP contribution in [0.5, 0.6) is 0 Å². The first-order chi connectivity index (χ1) is 17.3. The van der Waals surface area contributed by atoms with Crippen LogP contribution in [0.1, 0.15) is 96.3 Å². The molecule has 0 aromatic rings. The highest BCUT2D eigenvalue weighted by atomic mass is 16.6. The molecular weight excluding hydrogens is 468 g/mol. The van der Waals surface area contributed by atoms with Gasteiger partial charge in [0.15, 0.2) is 12.1 Å². The van der Waals surface area contributed by atoms with Gasteiger partial charge in [0, 0.05) is 12.8 Å². The van der Waals surface area contributed by atoms with Gasteiger partial charge < -0.3 is 30.3 Å². The van der Waals surface area contributed by atoms with Gasteiger partial charge in [0.05, 0.1) is 13.2 Å². The Labute approximate surface area is 212 Å². The average molecular weight is 511 g/mol. The number of hydrogen-bond acceptors (Lipinski definition) is 8. The van der Waals surface area contributed by atoms with Crippen molar-refractivity contribution in [3.05, 3.63) is 0 Å². The van der Waals surface area contributed by atoms with Crippen LogP contribution in [0.15, 0.2) is 0 Å². The summed E-state index contributed by atoms with van der Waals surface area (Å²) in [6.45, 7) is -1.13. The van der Waals surface area contributed by atoms with Gasteiger partial charge in [-0.05, 0) is 69.6 Å². The van der Waals surface area contributed by atoms with E-state index in [-0.39, 0.29) is 25.0 Å². The van der Waals surface area contributed by atoms with Gasteiger partial charge in [0.2, 0.25) is 11.8 Å². The maximum absolute atomic E-state index is 12.7. The van der Waals surface area contributed by atoms with Crippen LogP contribution >= 0.6 is 0 Å². The first-order valence-corrected chi connectivity index (χ1v) is 13.6. The largest absolute Gasteiger partial charge is 0.461 e. The summed E-state index contributed by atoms with van der Waals surface area (Å²) in [7, 11) is 0. The molecule has 0 radical (unpaired) electrons. The summed E-state index contributed by atoms with van der Waals surface area (Å²) < 4.78 is 10.9. The zero-order valence-electron chi connectivity index (χ0n) is 21.2. The molecule has 0 heterocycles. The monoisotopic (exact) mass is 510 g/mol. The van der Waals surface area contributed by atoms with Gasteiger partial charge in [-0.15, -0.1) is 0 Å². The normalized spacial score (nSPS) is 21.9. The summed E-state index contributed by atoms with van der Waals surface area (Å²) in [6.07, 6.45) is 11.2. The summed E-state index contributed by atoms with van der Waals surface area (Å²) in [6, 6.07) is -2.28. The summed E-state index contributed by atoms with van der Waals surface area (Å²) in [5.41, 5.74) is -0.589. The highest BCUT2D eigenvalue weighted by Gasteiger charge is 2.42. The van der Waals surface area contributed by atoms with E-state index >= 15 is 0 Å². The number of esters is 2. The lowest BCUT2D eigenvalue weighted by Crippen LogP contribution is -2.50. The second kappa shape index (κ2) is 13.9. The molecule has 10 nitrogen and oxygen atoms in total. The molecule has 3 fully saturated rings. The summed E-state index contributed by atoms with van der Waals surface area (Å²) in [4.78, 5) is 50.3. The first-order valence-electron chi connectivity index (χ1n) is 13.6. The minimum Gasteiger partial charge on any atom is -0.461 e. The van der Waals surface area contributed by atoms with E-state index in [1.807, 2.05) is 0 Å². The number of aliphatic hydroxyl groups is 2. The van der Waals surface area contributed by atoms with Crippen molar-refractivity contribution in [3.63, 3.8) is 0 Å². The molecule has 0 spiro atoms. The second-order valence-corrected chi connectivity index (χ2v) is 10.7. The molecule has 2 amide bonds. The lowest BCUT2D eigenvalue weighted by Gasteiger charge is -2.41. The summed E-state index contributed by atoms with van der Waals surface area (Å²) >= 11 is 0. The summed E-state index contributed by atoms with van der Waals surface area (Å²) in [5, 5.41) is 24.4. The van der Waals surface area contributed by atoms with Crippen molar-refractivity contribution < 1.29 is 38.9 Å². The Morgan fingerprint density at radius 3 is 1.36 bits per heavy atom. The Bertz CT molecular complexity index is 699. The van der Waals surface area contributed by atoms with Gasteiger partial charge >= 0.3 is 11.9 Å². The van der Waals surface area contributed by atoms with E-state index in [2.05, 4.69) is 10.6 Å². The Kier molecular flexibility index (Phi) is 11.0. The van der Waals surface area contributed by atoms with Crippen molar-refractivity contribution in [2.45, 2.75) is 121 Å². The van der Waals surface area contributed by atoms with E-state index in [1.54, 1.807) is 0 Å². The van der Waals surface area contributed by atoms with E-state index in [9.17, 15) is 29.4 Å². The van der Waals surface area contributed by atoms with Crippen LogP contribution in [-0.4, -0.2) is 71.5 Å². The minimum atomic E-state index is -1.14. The number of aliphatic hydroxyl groups excluding tert-OH is 2. The fraction of sp³-hybridized carbons (Fsp3) is 0.846. The maximum atomic E-state index is 12.7. The zero-order valence-corrected chi connectivity index (χ0v) is 21.2. The molecule has 10 heteroatoms. The molecule has 0 aromatic carbocycles. The van der Waals surface area contributed by atoms with Crippen molar-refractivity contribution in [3.8, 4) is 0 Å². The molecule has 36 heavy (non-hydrogen) atoms. The van der Waals surface area contributed by atoms with Crippen molar-refractivity contribution >= 4 is 23.8 Å². The number of rotatable bonds is 12. The SMILES string of the molecule is O=C(CC1(CC(=O)N[C@H](CO)C(=O)OC2CCCCC2)CCC1)N[C@H](CO)C(=O)OC1CCCCC1. The van der Waals surface area contributed by atoms with Gasteiger partial charge in [-0.3, -0.25) is 9.59 Å². The second-order valence-electron chi connectivity index (χ2n) is 10.7. The van der Waals surface area contributed by atoms with E-state index in [4.69, 9.17) is 9.47 Å². The van der Waals surface area contributed by atoms with Gasteiger partial charge in [0.25, 0.3) is 0 Å². The number of nitrogens with one attached hydrogen (secondary N) is 2. The van der Waals surface area contributed by atoms with Crippen molar-refractivity contribution in [1.82, 2.24) is 10.6 Å². The van der Waals surface area contributed by atoms with Gasteiger partial charge in [-0.25, -0.2) is 9.59 Å². The van der Waals surface area contributed by atoms with Crippen molar-refractivity contribution in [2.24, 2.45) is 5.41 Å². The quantitative estimate of drug-likeness (QED) is 0.289. The molecular formula is C26H42N2O8. The molecule has 4 N–H and O–H groups in total. The molecule has 0 aliphatic heterocycles. The van der Waals surface area contributed by atoms with Gasteiger partial charge in [-0.1, -0.05) is 19.3 Å². The highest BCUT2D eigenvalue weighted by molar-refractivity contribution is 5.87. The fourth-order valence-corrected chi connectivity index (χ4v) is 5.48. The van der Waals surface area contributed by atoms with E-state index in [1.165, 1.54) is 0 Å². The molecule has 0 saturated heterocycles. The number of hydrogen-bond donors (Lipinski definition) is 4. The minimum absolute atomic E-state index is 0.0178. The van der Waals surface area contributed by atoms with Gasteiger partial charge in [0.1, 0.15) is 12.2 Å². The van der Waals surface area contributed by atoms with Crippen LogP contribution in [0.25, 0.3) is 0 Å². The van der Waals surface area contributed by atoms with Crippen LogP contribution < -0.4 is 10.6 Å². The molecule has 3 aliphatic carbocycles. The third-order valence-corrected chi connectivity index (χ3v) is 7.76. The number of carbonyl (C=O) groups is 4. The molecule has 204 valence electrons. The summed E-state index contributed by atoms with van der Waals surface area (Å²) in [5.74, 6) is -2.14. The predicted octanol–water partition coefficient (Wildman–Crippen LogP) is 1.64. The third-order valence-electron chi connectivity index (χ3n) is 7.76. The Balaban J connectivity index is 1.47. The molecule has 3 aliphatic rings. The third kappa shape index (κ3) is 8.44. The van der Waals surface area contributed by atoms with E-state index in [0.29, 0.717) is 12.8 Å². The molecule has 0 bridgehead atoms. The first kappa shape index (κ1) is 28.4. The van der Waals surface area contributed by atoms with Crippen LogP contribution in [-0.2, 0) is 28.7 Å². The van der Waals surface area contributed by atoms with Crippen LogP contribution in [0.2, 0.25) is 0 Å². The standard InChI is InChI=1S/C26H42N2O8/c29-16-20(24(33)35-18-8-3-1-4-9-18)27-22(31)14-26(12-7-13-26)15-23(32)28-21(17-30)25(34)36-19-10-5-2-6-11-19/h18-21,29-30H,1-17H2,(H,27,31)(H,28,32)/t20-,21-/m1/s1. The zero-order chi connectivity index (χ0) is 26.0. The van der Waals surface area contributed by atoms with Crippen LogP contribution in [0.4, 0.5) is 0 Å². The molecule has 3 saturated carbocycles. The Hall–Kier alpha value is -2.20. The lowest BCUT2D eigenvalue weighted by molar-refractivity contribution is -0.156. The number of ether oxygens (including phenoxy) is 2. The Morgan fingerprint density at radius 2 is 1.06 bits per heavy atom. The molecule has 2 atom stereocenters. The number of carbonyl (C=O) groups excluding carboxylic acids is 4. The molecule has 0 unspecified atom stereocenters. The topological polar surface area (TPSA) is 151 Å². The van der Waals surface area contributed by atoms with E-state index < -0.39 is 54.5 Å². The van der Waals surface area contributed by atoms with Crippen LogP contribution in [0.3, 0.4) is 0 Å². The predicted molar refractivity (Wildman–Crippen MR) is 129 cm³/mol. The smallest absolute Gasteiger partial charge is 0.331 e. The maximum Gasteiger partial charge on any atom is 0.331 e. The van der Waals surface area contributed by atoms with Gasteiger partial charge in [-0.2, -0.15) is 0 Å². The number of amides is 2.